The zero-order valence-electron chi connectivity index (χ0n) is 21.2. The van der Waals surface area contributed by atoms with Gasteiger partial charge in [0.15, 0.2) is 0 Å². The fraction of sp³-hybridized carbons (Fsp3) is 0.440. The summed E-state index contributed by atoms with van der Waals surface area (Å²) in [4.78, 5) is 27.9. The van der Waals surface area contributed by atoms with Crippen LogP contribution < -0.4 is 9.62 Å². The van der Waals surface area contributed by atoms with Crippen LogP contribution >= 0.6 is 15.9 Å². The summed E-state index contributed by atoms with van der Waals surface area (Å²) < 4.78 is 29.7. The summed E-state index contributed by atoms with van der Waals surface area (Å²) in [6.07, 6.45) is 0.764. The minimum atomic E-state index is -3.99. The molecule has 0 bridgehead atoms. The number of aryl methyl sites for hydroxylation is 2. The number of rotatable bonds is 11. The first-order valence-electron chi connectivity index (χ1n) is 11.5. The van der Waals surface area contributed by atoms with Gasteiger partial charge in [0.2, 0.25) is 11.8 Å². The standard InChI is InChI=1S/C25H35BrN4O4S/c1-7-14-27-25(32)20(4)29(16-21-10-12-22(26)13-11-21)24(31)17-30(35(33,34)28(5)6)23-15-18(2)8-9-19(23)3/h8-13,15,20H,7,14,16-17H2,1-6H3,(H,27,32)/t20-/m0/s1. The number of amides is 2. The van der Waals surface area contributed by atoms with E-state index in [9.17, 15) is 18.0 Å². The van der Waals surface area contributed by atoms with Gasteiger partial charge in [-0.3, -0.25) is 9.59 Å². The zero-order chi connectivity index (χ0) is 26.3. The highest BCUT2D eigenvalue weighted by molar-refractivity contribution is 9.10. The van der Waals surface area contributed by atoms with E-state index in [1.165, 1.54) is 19.0 Å². The maximum atomic E-state index is 13.7. The number of anilines is 1. The third-order valence-corrected chi connectivity index (χ3v) is 7.97. The van der Waals surface area contributed by atoms with Crippen molar-refractivity contribution in [3.63, 3.8) is 0 Å². The van der Waals surface area contributed by atoms with Gasteiger partial charge in [-0.15, -0.1) is 0 Å². The van der Waals surface area contributed by atoms with Crippen LogP contribution in [0, 0.1) is 13.8 Å². The molecule has 10 heteroatoms. The molecule has 0 unspecified atom stereocenters. The smallest absolute Gasteiger partial charge is 0.304 e. The molecule has 0 saturated heterocycles. The second-order valence-corrected chi connectivity index (χ2v) is 11.7. The summed E-state index contributed by atoms with van der Waals surface area (Å²) in [5, 5.41) is 2.83. The first kappa shape index (κ1) is 28.8. The van der Waals surface area contributed by atoms with Gasteiger partial charge in [-0.05, 0) is 62.1 Å². The molecule has 2 amide bonds. The third kappa shape index (κ3) is 7.52. The second kappa shape index (κ2) is 12.5. The molecule has 0 aromatic heterocycles. The predicted octanol–water partition coefficient (Wildman–Crippen LogP) is 3.62. The van der Waals surface area contributed by atoms with Crippen molar-refractivity contribution < 1.29 is 18.0 Å². The first-order chi connectivity index (χ1) is 16.4. The fourth-order valence-corrected chi connectivity index (χ4v) is 4.83. The molecule has 0 aliphatic carbocycles. The van der Waals surface area contributed by atoms with E-state index < -0.39 is 28.7 Å². The molecule has 192 valence electrons. The van der Waals surface area contributed by atoms with Gasteiger partial charge >= 0.3 is 10.2 Å². The molecule has 35 heavy (non-hydrogen) atoms. The predicted molar refractivity (Wildman–Crippen MR) is 143 cm³/mol. The normalized spacial score (nSPS) is 12.3. The molecule has 0 saturated carbocycles. The number of benzene rings is 2. The fourth-order valence-electron chi connectivity index (χ4n) is 3.45. The van der Waals surface area contributed by atoms with Gasteiger partial charge in [-0.2, -0.15) is 12.7 Å². The Morgan fingerprint density at radius 1 is 1.06 bits per heavy atom. The van der Waals surface area contributed by atoms with Gasteiger partial charge in [0.1, 0.15) is 12.6 Å². The van der Waals surface area contributed by atoms with Gasteiger partial charge in [0, 0.05) is 31.7 Å². The lowest BCUT2D eigenvalue weighted by molar-refractivity contribution is -0.139. The van der Waals surface area contributed by atoms with Crippen molar-refractivity contribution in [2.24, 2.45) is 0 Å². The Balaban J connectivity index is 2.48. The minimum Gasteiger partial charge on any atom is -0.354 e. The van der Waals surface area contributed by atoms with Crippen LogP contribution in [0.4, 0.5) is 5.69 Å². The van der Waals surface area contributed by atoms with Crippen LogP contribution in [0.3, 0.4) is 0 Å². The largest absolute Gasteiger partial charge is 0.354 e. The van der Waals surface area contributed by atoms with Gasteiger partial charge in [0.25, 0.3) is 0 Å². The van der Waals surface area contributed by atoms with Crippen LogP contribution in [0.5, 0.6) is 0 Å². The van der Waals surface area contributed by atoms with E-state index in [0.717, 1.165) is 36.2 Å². The summed E-state index contributed by atoms with van der Waals surface area (Å²) >= 11 is 3.41. The molecule has 2 aromatic rings. The topological polar surface area (TPSA) is 90.0 Å². The lowest BCUT2D eigenvalue weighted by Crippen LogP contribution is -2.52. The highest BCUT2D eigenvalue weighted by Crippen LogP contribution is 2.26. The first-order valence-corrected chi connectivity index (χ1v) is 13.7. The summed E-state index contributed by atoms with van der Waals surface area (Å²) in [6, 6.07) is 12.1. The van der Waals surface area contributed by atoms with Crippen LogP contribution in [0.25, 0.3) is 0 Å². The summed E-state index contributed by atoms with van der Waals surface area (Å²) in [5.41, 5.74) is 2.85. The highest BCUT2D eigenvalue weighted by atomic mass is 79.9. The van der Waals surface area contributed by atoms with E-state index in [1.807, 2.05) is 50.2 Å². The maximum absolute atomic E-state index is 13.7. The Hall–Kier alpha value is -2.43. The molecule has 0 heterocycles. The molecule has 0 aliphatic heterocycles. The molecule has 0 spiro atoms. The van der Waals surface area contributed by atoms with E-state index >= 15 is 0 Å². The molecular formula is C25H35BrN4O4S. The van der Waals surface area contributed by atoms with Crippen LogP contribution in [0.15, 0.2) is 46.9 Å². The number of nitrogens with zero attached hydrogens (tertiary/aromatic N) is 3. The molecule has 1 N–H and O–H groups in total. The van der Waals surface area contributed by atoms with E-state index in [0.29, 0.717) is 12.2 Å². The molecule has 0 aliphatic rings. The van der Waals surface area contributed by atoms with E-state index in [1.54, 1.807) is 19.9 Å². The number of hydrogen-bond acceptors (Lipinski definition) is 4. The van der Waals surface area contributed by atoms with Crippen molar-refractivity contribution in [2.45, 2.75) is 46.7 Å². The van der Waals surface area contributed by atoms with Crippen LogP contribution in [-0.4, -0.2) is 62.7 Å². The van der Waals surface area contributed by atoms with Gasteiger partial charge < -0.3 is 10.2 Å². The van der Waals surface area contributed by atoms with Crippen molar-refractivity contribution >= 4 is 43.6 Å². The number of halogens is 1. The van der Waals surface area contributed by atoms with Crippen molar-refractivity contribution in [1.82, 2.24) is 14.5 Å². The Morgan fingerprint density at radius 3 is 2.26 bits per heavy atom. The van der Waals surface area contributed by atoms with Crippen LogP contribution in [-0.2, 0) is 26.3 Å². The molecule has 8 nitrogen and oxygen atoms in total. The number of carbonyl (C=O) groups excluding carboxylic acids is 2. The molecule has 1 atom stereocenters. The van der Waals surface area contributed by atoms with Crippen LogP contribution in [0.1, 0.15) is 37.0 Å². The van der Waals surface area contributed by atoms with E-state index in [4.69, 9.17) is 0 Å². The lowest BCUT2D eigenvalue weighted by Gasteiger charge is -2.33. The average molecular weight is 568 g/mol. The Bertz CT molecular complexity index is 1140. The van der Waals surface area contributed by atoms with Gasteiger partial charge in [0.05, 0.1) is 5.69 Å². The Labute approximate surface area is 217 Å². The van der Waals surface area contributed by atoms with Crippen molar-refractivity contribution in [2.75, 3.05) is 31.5 Å². The lowest BCUT2D eigenvalue weighted by atomic mass is 10.1. The monoisotopic (exact) mass is 566 g/mol. The average Bonchev–Trinajstić information content (AvgIpc) is 2.81. The quantitative estimate of drug-likeness (QED) is 0.449. The van der Waals surface area contributed by atoms with Crippen molar-refractivity contribution in [1.29, 1.82) is 0 Å². The van der Waals surface area contributed by atoms with E-state index in [2.05, 4.69) is 21.2 Å². The minimum absolute atomic E-state index is 0.162. The number of hydrogen-bond donors (Lipinski definition) is 1. The molecule has 2 rings (SSSR count). The summed E-state index contributed by atoms with van der Waals surface area (Å²) in [5.74, 6) is -0.760. The number of carbonyl (C=O) groups is 2. The Morgan fingerprint density at radius 2 is 1.69 bits per heavy atom. The summed E-state index contributed by atoms with van der Waals surface area (Å²) in [6.45, 7) is 7.49. The van der Waals surface area contributed by atoms with Crippen molar-refractivity contribution in [3.8, 4) is 0 Å². The van der Waals surface area contributed by atoms with E-state index in [-0.39, 0.29) is 12.5 Å². The number of nitrogens with one attached hydrogen (secondary N) is 1. The third-order valence-electron chi connectivity index (χ3n) is 5.63. The maximum Gasteiger partial charge on any atom is 0.304 e. The van der Waals surface area contributed by atoms with Gasteiger partial charge in [-0.1, -0.05) is 47.1 Å². The zero-order valence-corrected chi connectivity index (χ0v) is 23.6. The molecular weight excluding hydrogens is 532 g/mol. The SMILES string of the molecule is CCCNC(=O)[C@H](C)N(Cc1ccc(Br)cc1)C(=O)CN(c1cc(C)ccc1C)S(=O)(=O)N(C)C. The summed E-state index contributed by atoms with van der Waals surface area (Å²) in [7, 11) is -1.13. The van der Waals surface area contributed by atoms with Crippen molar-refractivity contribution in [3.05, 3.63) is 63.6 Å². The van der Waals surface area contributed by atoms with Crippen LogP contribution in [0.2, 0.25) is 0 Å². The second-order valence-electron chi connectivity index (χ2n) is 8.70. The molecule has 0 radical (unpaired) electrons. The molecule has 2 aromatic carbocycles. The molecule has 0 fully saturated rings. The Kier molecular flexibility index (Phi) is 10.3. The highest BCUT2D eigenvalue weighted by Gasteiger charge is 2.33. The van der Waals surface area contributed by atoms with Gasteiger partial charge in [-0.25, -0.2) is 4.31 Å².